The SMILES string of the molecule is Cc1ccc(N2C(=O)NC(=O)/C(=C\c3cc(C)n(-c4ccc(Cl)c(Cl)c4)c3C)C2=O)cc1. The number of aryl methyl sites for hydroxylation is 2. The fourth-order valence-corrected chi connectivity index (χ4v) is 3.99. The van der Waals surface area contributed by atoms with Crippen molar-refractivity contribution in [3.8, 4) is 5.69 Å². The van der Waals surface area contributed by atoms with E-state index in [1.54, 1.807) is 36.4 Å². The first-order valence-electron chi connectivity index (χ1n) is 9.80. The molecule has 0 unspecified atom stereocenters. The fourth-order valence-electron chi connectivity index (χ4n) is 3.70. The van der Waals surface area contributed by atoms with Crippen LogP contribution >= 0.6 is 23.2 Å². The molecule has 1 aromatic heterocycles. The minimum Gasteiger partial charge on any atom is -0.318 e. The van der Waals surface area contributed by atoms with Gasteiger partial charge in [-0.1, -0.05) is 40.9 Å². The Labute approximate surface area is 195 Å². The summed E-state index contributed by atoms with van der Waals surface area (Å²) in [5.74, 6) is -1.41. The number of aromatic nitrogens is 1. The lowest BCUT2D eigenvalue weighted by atomic mass is 10.1. The molecule has 0 spiro atoms. The molecule has 0 aliphatic carbocycles. The highest BCUT2D eigenvalue weighted by Gasteiger charge is 2.37. The van der Waals surface area contributed by atoms with E-state index >= 15 is 0 Å². The summed E-state index contributed by atoms with van der Waals surface area (Å²) in [6, 6.07) is 13.3. The van der Waals surface area contributed by atoms with E-state index in [1.807, 2.05) is 37.5 Å². The highest BCUT2D eigenvalue weighted by atomic mass is 35.5. The second-order valence-corrected chi connectivity index (χ2v) is 8.37. The van der Waals surface area contributed by atoms with Crippen LogP contribution in [0.2, 0.25) is 10.0 Å². The predicted molar refractivity (Wildman–Crippen MR) is 125 cm³/mol. The number of hydrogen-bond acceptors (Lipinski definition) is 3. The molecule has 3 aromatic rings. The van der Waals surface area contributed by atoms with E-state index in [0.29, 0.717) is 21.3 Å². The lowest BCUT2D eigenvalue weighted by molar-refractivity contribution is -0.122. The van der Waals surface area contributed by atoms with Gasteiger partial charge in [-0.05, 0) is 68.8 Å². The number of rotatable bonds is 3. The molecule has 0 atom stereocenters. The molecule has 4 amide bonds. The molecule has 0 radical (unpaired) electrons. The van der Waals surface area contributed by atoms with Gasteiger partial charge in [0.2, 0.25) is 0 Å². The highest BCUT2D eigenvalue weighted by Crippen LogP contribution is 2.29. The zero-order valence-corrected chi connectivity index (χ0v) is 19.1. The van der Waals surface area contributed by atoms with Crippen molar-refractivity contribution in [2.45, 2.75) is 20.8 Å². The Morgan fingerprint density at radius 1 is 0.844 bits per heavy atom. The summed E-state index contributed by atoms with van der Waals surface area (Å²) in [5.41, 5.74) is 4.40. The molecule has 0 saturated carbocycles. The standard InChI is InChI=1S/C24H19Cl2N3O3/c1-13-4-6-17(7-5-13)29-23(31)19(22(30)27-24(29)32)11-16-10-14(2)28(15(16)3)18-8-9-20(25)21(26)12-18/h4-12H,1-3H3,(H,27,30,32)/b19-11+. The maximum atomic E-state index is 13.1. The van der Waals surface area contributed by atoms with Crippen LogP contribution < -0.4 is 10.2 Å². The van der Waals surface area contributed by atoms with Crippen LogP contribution in [-0.4, -0.2) is 22.4 Å². The van der Waals surface area contributed by atoms with Crippen molar-refractivity contribution in [2.24, 2.45) is 0 Å². The number of imide groups is 2. The minimum atomic E-state index is -0.776. The molecule has 2 heterocycles. The molecule has 6 nitrogen and oxygen atoms in total. The van der Waals surface area contributed by atoms with Gasteiger partial charge >= 0.3 is 6.03 Å². The van der Waals surface area contributed by atoms with Gasteiger partial charge in [0.1, 0.15) is 5.57 Å². The lowest BCUT2D eigenvalue weighted by Crippen LogP contribution is -2.54. The van der Waals surface area contributed by atoms with Crippen molar-refractivity contribution in [2.75, 3.05) is 4.90 Å². The molecule has 4 rings (SSSR count). The number of barbiturate groups is 1. The number of carbonyl (C=O) groups is 3. The zero-order chi connectivity index (χ0) is 23.2. The third kappa shape index (κ3) is 3.83. The van der Waals surface area contributed by atoms with Gasteiger partial charge in [0, 0.05) is 17.1 Å². The van der Waals surface area contributed by atoms with Gasteiger partial charge in [-0.3, -0.25) is 14.9 Å². The topological polar surface area (TPSA) is 71.4 Å². The van der Waals surface area contributed by atoms with Gasteiger partial charge < -0.3 is 4.57 Å². The largest absolute Gasteiger partial charge is 0.335 e. The number of urea groups is 1. The summed E-state index contributed by atoms with van der Waals surface area (Å²) in [4.78, 5) is 39.0. The third-order valence-corrected chi connectivity index (χ3v) is 6.06. The zero-order valence-electron chi connectivity index (χ0n) is 17.6. The number of amides is 4. The van der Waals surface area contributed by atoms with E-state index in [9.17, 15) is 14.4 Å². The molecule has 8 heteroatoms. The first kappa shape index (κ1) is 21.9. The Balaban J connectivity index is 1.76. The molecule has 1 N–H and O–H groups in total. The van der Waals surface area contributed by atoms with Crippen molar-refractivity contribution in [1.29, 1.82) is 0 Å². The molecule has 1 aliphatic heterocycles. The first-order chi connectivity index (χ1) is 15.2. The Hall–Kier alpha value is -3.35. The van der Waals surface area contributed by atoms with Crippen molar-refractivity contribution >= 4 is 52.8 Å². The van der Waals surface area contributed by atoms with Gasteiger partial charge in [0.25, 0.3) is 11.8 Å². The summed E-state index contributed by atoms with van der Waals surface area (Å²) in [5, 5.41) is 3.12. The monoisotopic (exact) mass is 467 g/mol. The van der Waals surface area contributed by atoms with Crippen molar-refractivity contribution in [3.05, 3.63) is 86.7 Å². The van der Waals surface area contributed by atoms with E-state index in [1.165, 1.54) is 6.08 Å². The van der Waals surface area contributed by atoms with Gasteiger partial charge in [0.05, 0.1) is 15.7 Å². The third-order valence-electron chi connectivity index (χ3n) is 5.33. The number of carbonyl (C=O) groups excluding carboxylic acids is 3. The number of nitrogens with zero attached hydrogens (tertiary/aromatic N) is 2. The van der Waals surface area contributed by atoms with Crippen LogP contribution in [0.1, 0.15) is 22.5 Å². The van der Waals surface area contributed by atoms with Crippen LogP contribution in [0.25, 0.3) is 11.8 Å². The number of anilines is 1. The summed E-state index contributed by atoms with van der Waals surface area (Å²) in [6.07, 6.45) is 1.50. The van der Waals surface area contributed by atoms with Crippen molar-refractivity contribution in [3.63, 3.8) is 0 Å². The van der Waals surface area contributed by atoms with Crippen LogP contribution in [0.3, 0.4) is 0 Å². The molecule has 162 valence electrons. The summed E-state index contributed by atoms with van der Waals surface area (Å²) in [6.45, 7) is 5.68. The van der Waals surface area contributed by atoms with Gasteiger partial charge in [-0.15, -0.1) is 0 Å². The molecular weight excluding hydrogens is 449 g/mol. The summed E-state index contributed by atoms with van der Waals surface area (Å²) < 4.78 is 1.95. The predicted octanol–water partition coefficient (Wildman–Crippen LogP) is 5.38. The van der Waals surface area contributed by atoms with Gasteiger partial charge in [-0.2, -0.15) is 0 Å². The second kappa shape index (κ2) is 8.30. The second-order valence-electron chi connectivity index (χ2n) is 7.55. The lowest BCUT2D eigenvalue weighted by Gasteiger charge is -2.26. The van der Waals surface area contributed by atoms with Crippen LogP contribution in [-0.2, 0) is 9.59 Å². The highest BCUT2D eigenvalue weighted by molar-refractivity contribution is 6.42. The average Bonchev–Trinajstić information content (AvgIpc) is 3.01. The number of nitrogens with one attached hydrogen (secondary N) is 1. The average molecular weight is 468 g/mol. The van der Waals surface area contributed by atoms with E-state index in [0.717, 1.165) is 27.5 Å². The fraction of sp³-hybridized carbons (Fsp3) is 0.125. The van der Waals surface area contributed by atoms with Crippen LogP contribution in [0.15, 0.2) is 54.1 Å². The molecule has 1 aliphatic rings. The van der Waals surface area contributed by atoms with E-state index in [-0.39, 0.29) is 5.57 Å². The van der Waals surface area contributed by atoms with Crippen LogP contribution in [0.5, 0.6) is 0 Å². The first-order valence-corrected chi connectivity index (χ1v) is 10.6. The molecule has 1 saturated heterocycles. The maximum absolute atomic E-state index is 13.1. The van der Waals surface area contributed by atoms with Crippen molar-refractivity contribution in [1.82, 2.24) is 9.88 Å². The molecule has 0 bridgehead atoms. The Morgan fingerprint density at radius 2 is 1.50 bits per heavy atom. The van der Waals surface area contributed by atoms with Crippen LogP contribution in [0, 0.1) is 20.8 Å². The normalized spacial score (nSPS) is 15.5. The Bertz CT molecular complexity index is 1310. The van der Waals surface area contributed by atoms with E-state index in [2.05, 4.69) is 5.32 Å². The summed E-state index contributed by atoms with van der Waals surface area (Å²) >= 11 is 12.2. The Kier molecular flexibility index (Phi) is 5.67. The van der Waals surface area contributed by atoms with Gasteiger partial charge in [0.15, 0.2) is 0 Å². The smallest absolute Gasteiger partial charge is 0.318 e. The van der Waals surface area contributed by atoms with Crippen molar-refractivity contribution < 1.29 is 14.4 Å². The molecular formula is C24H19Cl2N3O3. The minimum absolute atomic E-state index is 0.125. The van der Waals surface area contributed by atoms with Crippen LogP contribution in [0.4, 0.5) is 10.5 Å². The van der Waals surface area contributed by atoms with E-state index in [4.69, 9.17) is 23.2 Å². The quantitative estimate of drug-likeness (QED) is 0.415. The van der Waals surface area contributed by atoms with E-state index < -0.39 is 17.8 Å². The Morgan fingerprint density at radius 3 is 2.16 bits per heavy atom. The molecule has 2 aromatic carbocycles. The molecule has 1 fully saturated rings. The number of hydrogen-bond donors (Lipinski definition) is 1. The summed E-state index contributed by atoms with van der Waals surface area (Å²) in [7, 11) is 0. The number of benzene rings is 2. The number of halogens is 2. The van der Waals surface area contributed by atoms with Gasteiger partial charge in [-0.25, -0.2) is 9.69 Å². The molecule has 32 heavy (non-hydrogen) atoms. The maximum Gasteiger partial charge on any atom is 0.335 e.